The lowest BCUT2D eigenvalue weighted by molar-refractivity contribution is 0.246. The van der Waals surface area contributed by atoms with E-state index in [0.717, 1.165) is 11.5 Å². The monoisotopic (exact) mass is 224 g/mol. The number of hydrogen-bond donors (Lipinski definition) is 1. The van der Waals surface area contributed by atoms with Gasteiger partial charge in [-0.2, -0.15) is 0 Å². The van der Waals surface area contributed by atoms with E-state index in [1.807, 2.05) is 0 Å². The summed E-state index contributed by atoms with van der Waals surface area (Å²) in [5.41, 5.74) is 0.738. The Bertz CT molecular complexity index is 221. The number of hydrogen-bond acceptors (Lipinski definition) is 2. The van der Waals surface area contributed by atoms with Crippen LogP contribution in [0.15, 0.2) is 0 Å². The number of likely N-dealkylation sites (tertiary alicyclic amines) is 1. The van der Waals surface area contributed by atoms with E-state index in [0.29, 0.717) is 6.04 Å². The van der Waals surface area contributed by atoms with Crippen LogP contribution >= 0.6 is 0 Å². The Labute approximate surface area is 101 Å². The maximum absolute atomic E-state index is 3.67. The molecule has 1 atom stereocenters. The van der Waals surface area contributed by atoms with Crippen LogP contribution in [0.1, 0.15) is 52.9 Å². The molecule has 2 heteroatoms. The highest BCUT2D eigenvalue weighted by molar-refractivity contribution is 4.97. The molecule has 2 nitrogen and oxygen atoms in total. The molecule has 1 unspecified atom stereocenters. The molecule has 2 aliphatic rings. The van der Waals surface area contributed by atoms with E-state index in [1.165, 1.54) is 51.7 Å². The summed E-state index contributed by atoms with van der Waals surface area (Å²) in [5.74, 6) is 0. The minimum Gasteiger partial charge on any atom is -0.310 e. The van der Waals surface area contributed by atoms with Crippen molar-refractivity contribution in [3.8, 4) is 0 Å². The largest absolute Gasteiger partial charge is 0.310 e. The third kappa shape index (κ3) is 3.21. The van der Waals surface area contributed by atoms with Gasteiger partial charge in [-0.15, -0.1) is 0 Å². The van der Waals surface area contributed by atoms with Gasteiger partial charge in [0.05, 0.1) is 0 Å². The maximum atomic E-state index is 3.67. The van der Waals surface area contributed by atoms with E-state index in [9.17, 15) is 0 Å². The molecule has 2 fully saturated rings. The number of nitrogens with one attached hydrogen (secondary N) is 1. The predicted octanol–water partition coefficient (Wildman–Crippen LogP) is 2.64. The lowest BCUT2D eigenvalue weighted by Crippen LogP contribution is -2.38. The summed E-state index contributed by atoms with van der Waals surface area (Å²) in [6.07, 6.45) is 7.13. The summed E-state index contributed by atoms with van der Waals surface area (Å²) in [6.45, 7) is 10.8. The SMILES string of the molecule is CCCC1(CN2CCC(NC(C)C)C2)CC1. The van der Waals surface area contributed by atoms with Crippen molar-refractivity contribution in [3.63, 3.8) is 0 Å². The van der Waals surface area contributed by atoms with Crippen LogP contribution in [0, 0.1) is 5.41 Å². The van der Waals surface area contributed by atoms with Gasteiger partial charge in [0.15, 0.2) is 0 Å². The average molecular weight is 224 g/mol. The molecule has 1 saturated heterocycles. The van der Waals surface area contributed by atoms with Crippen molar-refractivity contribution in [3.05, 3.63) is 0 Å². The van der Waals surface area contributed by atoms with Gasteiger partial charge in [0.1, 0.15) is 0 Å². The molecule has 0 aromatic carbocycles. The normalized spacial score (nSPS) is 28.9. The molecule has 1 heterocycles. The summed E-state index contributed by atoms with van der Waals surface area (Å²) < 4.78 is 0. The fourth-order valence-corrected chi connectivity index (χ4v) is 3.25. The van der Waals surface area contributed by atoms with Crippen LogP contribution in [0.3, 0.4) is 0 Å². The lowest BCUT2D eigenvalue weighted by atomic mass is 10.0. The van der Waals surface area contributed by atoms with Gasteiger partial charge in [-0.05, 0) is 37.6 Å². The van der Waals surface area contributed by atoms with Crippen LogP contribution in [0.4, 0.5) is 0 Å². The Balaban J connectivity index is 1.72. The molecule has 0 amide bonds. The second-order valence-electron chi connectivity index (χ2n) is 6.29. The van der Waals surface area contributed by atoms with Crippen molar-refractivity contribution < 1.29 is 0 Å². The first-order valence-corrected chi connectivity index (χ1v) is 7.12. The fraction of sp³-hybridized carbons (Fsp3) is 1.00. The average Bonchev–Trinajstić information content (AvgIpc) is 2.80. The highest BCUT2D eigenvalue weighted by Crippen LogP contribution is 2.50. The molecule has 2 rings (SSSR count). The molecule has 0 bridgehead atoms. The van der Waals surface area contributed by atoms with Gasteiger partial charge in [0, 0.05) is 25.2 Å². The minimum absolute atomic E-state index is 0.635. The van der Waals surface area contributed by atoms with Crippen LogP contribution in [0.5, 0.6) is 0 Å². The second kappa shape index (κ2) is 5.05. The number of nitrogens with zero attached hydrogens (tertiary/aromatic N) is 1. The number of rotatable bonds is 6. The van der Waals surface area contributed by atoms with E-state index in [1.54, 1.807) is 0 Å². The van der Waals surface area contributed by atoms with Crippen LogP contribution in [0.2, 0.25) is 0 Å². The summed E-state index contributed by atoms with van der Waals surface area (Å²) in [5, 5.41) is 3.67. The first kappa shape index (κ1) is 12.4. The molecule has 94 valence electrons. The van der Waals surface area contributed by atoms with Crippen LogP contribution in [-0.4, -0.2) is 36.6 Å². The summed E-state index contributed by atoms with van der Waals surface area (Å²) >= 11 is 0. The molecule has 16 heavy (non-hydrogen) atoms. The van der Waals surface area contributed by atoms with Gasteiger partial charge in [-0.25, -0.2) is 0 Å². The molecule has 1 aliphatic carbocycles. The van der Waals surface area contributed by atoms with Gasteiger partial charge in [-0.3, -0.25) is 0 Å². The molecular weight excluding hydrogens is 196 g/mol. The first-order valence-electron chi connectivity index (χ1n) is 7.12. The smallest absolute Gasteiger partial charge is 0.0209 e. The van der Waals surface area contributed by atoms with Gasteiger partial charge >= 0.3 is 0 Å². The van der Waals surface area contributed by atoms with Crippen LogP contribution in [0.25, 0.3) is 0 Å². The molecule has 0 aromatic rings. The Morgan fingerprint density at radius 2 is 2.12 bits per heavy atom. The first-order chi connectivity index (χ1) is 7.63. The fourth-order valence-electron chi connectivity index (χ4n) is 3.25. The Morgan fingerprint density at radius 3 is 2.69 bits per heavy atom. The zero-order chi connectivity index (χ0) is 11.6. The van der Waals surface area contributed by atoms with Crippen molar-refractivity contribution in [1.82, 2.24) is 10.2 Å². The van der Waals surface area contributed by atoms with E-state index in [-0.39, 0.29) is 0 Å². The predicted molar refractivity (Wildman–Crippen MR) is 69.7 cm³/mol. The highest BCUT2D eigenvalue weighted by atomic mass is 15.2. The van der Waals surface area contributed by atoms with Gasteiger partial charge in [-0.1, -0.05) is 27.2 Å². The minimum atomic E-state index is 0.635. The standard InChI is InChI=1S/C14H28N2/c1-4-6-14(7-8-14)11-16-9-5-13(10-16)15-12(2)3/h12-13,15H,4-11H2,1-3H3. The lowest BCUT2D eigenvalue weighted by Gasteiger charge is -2.23. The van der Waals surface area contributed by atoms with Crippen molar-refractivity contribution in [1.29, 1.82) is 0 Å². The Kier molecular flexibility index (Phi) is 3.91. The molecule has 1 saturated carbocycles. The molecule has 0 aromatic heterocycles. The van der Waals surface area contributed by atoms with Crippen molar-refractivity contribution >= 4 is 0 Å². The van der Waals surface area contributed by atoms with E-state index in [4.69, 9.17) is 0 Å². The van der Waals surface area contributed by atoms with E-state index in [2.05, 4.69) is 31.0 Å². The molecule has 0 spiro atoms. The molecular formula is C14H28N2. The third-order valence-electron chi connectivity index (χ3n) is 4.14. The molecule has 1 aliphatic heterocycles. The third-order valence-corrected chi connectivity index (χ3v) is 4.14. The van der Waals surface area contributed by atoms with Crippen molar-refractivity contribution in [2.45, 2.75) is 65.0 Å². The highest BCUT2D eigenvalue weighted by Gasteiger charge is 2.43. The van der Waals surface area contributed by atoms with Crippen LogP contribution < -0.4 is 5.32 Å². The summed E-state index contributed by atoms with van der Waals surface area (Å²) in [4.78, 5) is 2.70. The van der Waals surface area contributed by atoms with Gasteiger partial charge in [0.2, 0.25) is 0 Å². The second-order valence-corrected chi connectivity index (χ2v) is 6.29. The Morgan fingerprint density at radius 1 is 1.38 bits per heavy atom. The molecule has 0 radical (unpaired) electrons. The van der Waals surface area contributed by atoms with Gasteiger partial charge < -0.3 is 10.2 Å². The topological polar surface area (TPSA) is 15.3 Å². The quantitative estimate of drug-likeness (QED) is 0.746. The zero-order valence-electron chi connectivity index (χ0n) is 11.3. The summed E-state index contributed by atoms with van der Waals surface area (Å²) in [7, 11) is 0. The van der Waals surface area contributed by atoms with Crippen LogP contribution in [-0.2, 0) is 0 Å². The molecule has 1 N–H and O–H groups in total. The van der Waals surface area contributed by atoms with E-state index >= 15 is 0 Å². The van der Waals surface area contributed by atoms with E-state index < -0.39 is 0 Å². The maximum Gasteiger partial charge on any atom is 0.0209 e. The summed E-state index contributed by atoms with van der Waals surface area (Å²) in [6, 6.07) is 1.38. The zero-order valence-corrected chi connectivity index (χ0v) is 11.3. The Hall–Kier alpha value is -0.0800. The van der Waals surface area contributed by atoms with Crippen molar-refractivity contribution in [2.24, 2.45) is 5.41 Å². The van der Waals surface area contributed by atoms with Gasteiger partial charge in [0.25, 0.3) is 0 Å². The van der Waals surface area contributed by atoms with Crippen molar-refractivity contribution in [2.75, 3.05) is 19.6 Å².